The maximum atomic E-state index is 3.74. The van der Waals surface area contributed by atoms with E-state index in [2.05, 4.69) is 36.1 Å². The van der Waals surface area contributed by atoms with E-state index >= 15 is 0 Å². The van der Waals surface area contributed by atoms with E-state index in [1.165, 1.54) is 58.0 Å². The molecule has 3 heteroatoms. The Hall–Kier alpha value is -0.120. The van der Waals surface area contributed by atoms with Crippen LogP contribution in [0.25, 0.3) is 0 Å². The van der Waals surface area contributed by atoms with Crippen molar-refractivity contribution in [2.24, 2.45) is 0 Å². The third-order valence-electron chi connectivity index (χ3n) is 5.18. The molecule has 1 saturated heterocycles. The molecule has 0 amide bonds. The average molecular weight is 267 g/mol. The molecule has 0 aromatic heterocycles. The van der Waals surface area contributed by atoms with Crippen LogP contribution < -0.4 is 5.32 Å². The Morgan fingerprint density at radius 2 is 1.89 bits per heavy atom. The quantitative estimate of drug-likeness (QED) is 0.771. The fourth-order valence-corrected chi connectivity index (χ4v) is 3.99. The molecule has 3 unspecified atom stereocenters. The monoisotopic (exact) mass is 267 g/mol. The SMILES string of the molecule is CCNC1CCCCCC1N(C)CC1CCCN1C. The second kappa shape index (κ2) is 7.61. The number of likely N-dealkylation sites (N-methyl/N-ethyl adjacent to an activating group) is 3. The standard InChI is InChI=1S/C16H33N3/c1-4-17-15-10-6-5-7-11-16(15)19(3)13-14-9-8-12-18(14)2/h14-17H,4-13H2,1-3H3. The first-order chi connectivity index (χ1) is 9.22. The average Bonchev–Trinajstić information content (AvgIpc) is 2.66. The zero-order chi connectivity index (χ0) is 13.7. The first-order valence-corrected chi connectivity index (χ1v) is 8.36. The second-order valence-corrected chi connectivity index (χ2v) is 6.59. The van der Waals surface area contributed by atoms with Crippen LogP contribution in [0.5, 0.6) is 0 Å². The predicted octanol–water partition coefficient (Wildman–Crippen LogP) is 2.32. The molecule has 1 aliphatic carbocycles. The van der Waals surface area contributed by atoms with Gasteiger partial charge in [-0.1, -0.05) is 26.2 Å². The number of rotatable bonds is 5. The molecular formula is C16H33N3. The third kappa shape index (κ3) is 4.17. The van der Waals surface area contributed by atoms with Gasteiger partial charge in [0.15, 0.2) is 0 Å². The van der Waals surface area contributed by atoms with E-state index in [1.807, 2.05) is 0 Å². The molecule has 1 saturated carbocycles. The summed E-state index contributed by atoms with van der Waals surface area (Å²) < 4.78 is 0. The molecule has 112 valence electrons. The summed E-state index contributed by atoms with van der Waals surface area (Å²) in [4.78, 5) is 5.21. The van der Waals surface area contributed by atoms with Gasteiger partial charge in [-0.2, -0.15) is 0 Å². The van der Waals surface area contributed by atoms with E-state index in [0.29, 0.717) is 6.04 Å². The highest BCUT2D eigenvalue weighted by atomic mass is 15.2. The lowest BCUT2D eigenvalue weighted by molar-refractivity contribution is 0.142. The van der Waals surface area contributed by atoms with Crippen molar-refractivity contribution >= 4 is 0 Å². The van der Waals surface area contributed by atoms with Crippen LogP contribution in [0.3, 0.4) is 0 Å². The molecule has 2 fully saturated rings. The van der Waals surface area contributed by atoms with Gasteiger partial charge in [-0.15, -0.1) is 0 Å². The van der Waals surface area contributed by atoms with Gasteiger partial charge in [0.05, 0.1) is 0 Å². The van der Waals surface area contributed by atoms with Crippen LogP contribution in [0.1, 0.15) is 51.9 Å². The van der Waals surface area contributed by atoms with Crippen molar-refractivity contribution in [1.82, 2.24) is 15.1 Å². The highest BCUT2D eigenvalue weighted by molar-refractivity contribution is 4.88. The Morgan fingerprint density at radius 1 is 1.11 bits per heavy atom. The Bertz CT molecular complexity index is 256. The maximum Gasteiger partial charge on any atom is 0.0246 e. The van der Waals surface area contributed by atoms with Crippen LogP contribution in [0.15, 0.2) is 0 Å². The van der Waals surface area contributed by atoms with E-state index in [9.17, 15) is 0 Å². The minimum atomic E-state index is 0.712. The van der Waals surface area contributed by atoms with Gasteiger partial charge in [-0.05, 0) is 52.9 Å². The smallest absolute Gasteiger partial charge is 0.0246 e. The van der Waals surface area contributed by atoms with E-state index in [1.54, 1.807) is 0 Å². The van der Waals surface area contributed by atoms with Gasteiger partial charge in [0.2, 0.25) is 0 Å². The molecule has 3 atom stereocenters. The zero-order valence-corrected chi connectivity index (χ0v) is 13.2. The van der Waals surface area contributed by atoms with Crippen molar-refractivity contribution in [3.8, 4) is 0 Å². The number of hydrogen-bond acceptors (Lipinski definition) is 3. The first kappa shape index (κ1) is 15.3. The Balaban J connectivity index is 1.91. The molecule has 0 spiro atoms. The third-order valence-corrected chi connectivity index (χ3v) is 5.18. The topological polar surface area (TPSA) is 18.5 Å². The lowest BCUT2D eigenvalue weighted by Crippen LogP contribution is -2.51. The van der Waals surface area contributed by atoms with Crippen LogP contribution in [-0.2, 0) is 0 Å². The molecule has 3 nitrogen and oxygen atoms in total. The number of nitrogens with zero attached hydrogens (tertiary/aromatic N) is 2. The summed E-state index contributed by atoms with van der Waals surface area (Å²) in [6.07, 6.45) is 9.77. The van der Waals surface area contributed by atoms with Crippen LogP contribution in [0, 0.1) is 0 Å². The van der Waals surface area contributed by atoms with Gasteiger partial charge in [0.1, 0.15) is 0 Å². The van der Waals surface area contributed by atoms with E-state index < -0.39 is 0 Å². The van der Waals surface area contributed by atoms with Crippen LogP contribution in [0.4, 0.5) is 0 Å². The molecule has 1 aliphatic heterocycles. The molecule has 2 aliphatic rings. The Labute approximate surface area is 119 Å². The van der Waals surface area contributed by atoms with Crippen molar-refractivity contribution in [3.63, 3.8) is 0 Å². The molecule has 0 bridgehead atoms. The number of hydrogen-bond donors (Lipinski definition) is 1. The summed E-state index contributed by atoms with van der Waals surface area (Å²) in [5.41, 5.74) is 0. The molecular weight excluding hydrogens is 234 g/mol. The van der Waals surface area contributed by atoms with E-state index in [-0.39, 0.29) is 0 Å². The first-order valence-electron chi connectivity index (χ1n) is 8.36. The minimum Gasteiger partial charge on any atom is -0.313 e. The molecule has 19 heavy (non-hydrogen) atoms. The summed E-state index contributed by atoms with van der Waals surface area (Å²) in [5, 5.41) is 3.74. The summed E-state index contributed by atoms with van der Waals surface area (Å²) >= 11 is 0. The van der Waals surface area contributed by atoms with Gasteiger partial charge < -0.3 is 15.1 Å². The van der Waals surface area contributed by atoms with Gasteiger partial charge in [-0.25, -0.2) is 0 Å². The largest absolute Gasteiger partial charge is 0.313 e. The molecule has 1 N–H and O–H groups in total. The van der Waals surface area contributed by atoms with Crippen LogP contribution in [0.2, 0.25) is 0 Å². The molecule has 2 rings (SSSR count). The molecule has 0 radical (unpaired) electrons. The fourth-order valence-electron chi connectivity index (χ4n) is 3.99. The highest BCUT2D eigenvalue weighted by Crippen LogP contribution is 2.24. The maximum absolute atomic E-state index is 3.74. The second-order valence-electron chi connectivity index (χ2n) is 6.59. The van der Waals surface area contributed by atoms with Crippen molar-refractivity contribution in [2.75, 3.05) is 33.7 Å². The minimum absolute atomic E-state index is 0.712. The van der Waals surface area contributed by atoms with Gasteiger partial charge in [-0.3, -0.25) is 0 Å². The molecule has 0 aromatic rings. The van der Waals surface area contributed by atoms with Crippen LogP contribution >= 0.6 is 0 Å². The van der Waals surface area contributed by atoms with Crippen molar-refractivity contribution in [1.29, 1.82) is 0 Å². The highest BCUT2D eigenvalue weighted by Gasteiger charge is 2.29. The molecule has 0 aromatic carbocycles. The van der Waals surface area contributed by atoms with E-state index in [4.69, 9.17) is 0 Å². The molecule has 1 heterocycles. The van der Waals surface area contributed by atoms with Gasteiger partial charge >= 0.3 is 0 Å². The zero-order valence-electron chi connectivity index (χ0n) is 13.2. The Kier molecular flexibility index (Phi) is 6.11. The lowest BCUT2D eigenvalue weighted by atomic mass is 10.0. The fraction of sp³-hybridized carbons (Fsp3) is 1.00. The number of nitrogens with one attached hydrogen (secondary N) is 1. The van der Waals surface area contributed by atoms with Crippen molar-refractivity contribution < 1.29 is 0 Å². The van der Waals surface area contributed by atoms with Gasteiger partial charge in [0, 0.05) is 24.7 Å². The number of likely N-dealkylation sites (tertiary alicyclic amines) is 1. The predicted molar refractivity (Wildman–Crippen MR) is 82.6 cm³/mol. The van der Waals surface area contributed by atoms with Crippen molar-refractivity contribution in [3.05, 3.63) is 0 Å². The van der Waals surface area contributed by atoms with E-state index in [0.717, 1.165) is 18.6 Å². The lowest BCUT2D eigenvalue weighted by Gasteiger charge is -2.36. The summed E-state index contributed by atoms with van der Waals surface area (Å²) in [7, 11) is 4.65. The van der Waals surface area contributed by atoms with Gasteiger partial charge in [0.25, 0.3) is 0 Å². The van der Waals surface area contributed by atoms with Crippen molar-refractivity contribution in [2.45, 2.75) is 70.0 Å². The Morgan fingerprint density at radius 3 is 2.58 bits per heavy atom. The van der Waals surface area contributed by atoms with Crippen LogP contribution in [-0.4, -0.2) is 61.7 Å². The summed E-state index contributed by atoms with van der Waals surface area (Å²) in [5.74, 6) is 0. The summed E-state index contributed by atoms with van der Waals surface area (Å²) in [6, 6.07) is 2.25. The normalized spacial score (nSPS) is 33.8. The summed E-state index contributed by atoms with van der Waals surface area (Å²) in [6.45, 7) is 5.90.